The number of unbranched alkanes of at least 4 members (excludes halogenated alkanes) is 2. The van der Waals surface area contributed by atoms with Gasteiger partial charge in [-0.3, -0.25) is 0 Å². The van der Waals surface area contributed by atoms with E-state index in [-0.39, 0.29) is 5.41 Å². The molecule has 6 aromatic carbocycles. The Labute approximate surface area is 334 Å². The van der Waals surface area contributed by atoms with Gasteiger partial charge in [-0.25, -0.2) is 0 Å². The fraction of sp³-hybridized carbons (Fsp3) is 0.321. The second kappa shape index (κ2) is 16.1. The van der Waals surface area contributed by atoms with Crippen LogP contribution < -0.4 is 14.2 Å². The summed E-state index contributed by atoms with van der Waals surface area (Å²) in [7, 11) is 0. The predicted octanol–water partition coefficient (Wildman–Crippen LogP) is 14.4. The molecule has 286 valence electrons. The molecule has 0 atom stereocenters. The van der Waals surface area contributed by atoms with Crippen molar-refractivity contribution in [1.82, 2.24) is 0 Å². The van der Waals surface area contributed by atoms with Gasteiger partial charge in [0.05, 0.1) is 13.2 Å². The van der Waals surface area contributed by atoms with Crippen LogP contribution in [0, 0.1) is 6.92 Å². The van der Waals surface area contributed by atoms with Gasteiger partial charge < -0.3 is 14.2 Å². The molecule has 8 rings (SSSR count). The zero-order chi connectivity index (χ0) is 38.7. The maximum atomic E-state index is 7.72. The van der Waals surface area contributed by atoms with Gasteiger partial charge in [0, 0.05) is 27.5 Å². The first-order valence-electron chi connectivity index (χ1n) is 21.1. The molecular weight excluding hydrogens is 685 g/mol. The summed E-state index contributed by atoms with van der Waals surface area (Å²) < 4.78 is 20.0. The summed E-state index contributed by atoms with van der Waals surface area (Å²) in [5.74, 6) is 2.72. The monoisotopic (exact) mass is 740 g/mol. The van der Waals surface area contributed by atoms with E-state index in [0.717, 1.165) is 85.1 Å². The van der Waals surface area contributed by atoms with Crippen LogP contribution in [-0.4, -0.2) is 13.2 Å². The number of rotatable bonds is 15. The van der Waals surface area contributed by atoms with E-state index in [2.05, 4.69) is 162 Å². The Morgan fingerprint density at radius 3 is 1.80 bits per heavy atom. The highest BCUT2D eigenvalue weighted by Gasteiger charge is 2.47. The van der Waals surface area contributed by atoms with E-state index in [1.54, 1.807) is 0 Å². The molecule has 0 bridgehead atoms. The first kappa shape index (κ1) is 37.6. The molecule has 0 saturated carbocycles. The SMILES string of the molecule is CCCCOc1ccc(C2(c3ccc(OCCCC)cc3)C=Cc3c4c(c5cc(C)ccc5c3O2)-c2ccc(-c3ccccc3)cc2C4(CCC)CCC)cc1. The summed E-state index contributed by atoms with van der Waals surface area (Å²) in [6, 6.07) is 42.1. The largest absolute Gasteiger partial charge is 0.494 e. The van der Waals surface area contributed by atoms with Crippen LogP contribution in [0.2, 0.25) is 0 Å². The highest BCUT2D eigenvalue weighted by atomic mass is 16.5. The number of ether oxygens (including phenoxy) is 3. The molecule has 56 heavy (non-hydrogen) atoms. The van der Waals surface area contributed by atoms with Crippen molar-refractivity contribution in [3.8, 4) is 39.5 Å². The molecule has 6 aromatic rings. The van der Waals surface area contributed by atoms with E-state index >= 15 is 0 Å². The molecule has 0 fully saturated rings. The molecule has 0 saturated heterocycles. The van der Waals surface area contributed by atoms with E-state index < -0.39 is 5.60 Å². The summed E-state index contributed by atoms with van der Waals surface area (Å²) in [6.07, 6.45) is 13.3. The van der Waals surface area contributed by atoms with Crippen molar-refractivity contribution >= 4 is 16.8 Å². The molecule has 1 aliphatic heterocycles. The topological polar surface area (TPSA) is 27.7 Å². The average Bonchev–Trinajstić information content (AvgIpc) is 3.51. The Kier molecular flexibility index (Phi) is 10.8. The lowest BCUT2D eigenvalue weighted by Crippen LogP contribution is -2.35. The van der Waals surface area contributed by atoms with Crippen LogP contribution in [0.4, 0.5) is 0 Å². The molecule has 0 aromatic heterocycles. The van der Waals surface area contributed by atoms with E-state index in [0.29, 0.717) is 13.2 Å². The normalized spacial score (nSPS) is 14.5. The number of benzene rings is 6. The lowest BCUT2D eigenvalue weighted by atomic mass is 9.69. The molecule has 0 unspecified atom stereocenters. The molecule has 0 radical (unpaired) electrons. The molecule has 0 amide bonds. The van der Waals surface area contributed by atoms with Gasteiger partial charge in [0.15, 0.2) is 5.60 Å². The maximum absolute atomic E-state index is 7.72. The third-order valence-electron chi connectivity index (χ3n) is 12.0. The zero-order valence-electron chi connectivity index (χ0n) is 33.9. The van der Waals surface area contributed by atoms with E-state index in [1.165, 1.54) is 49.9 Å². The van der Waals surface area contributed by atoms with Crippen LogP contribution in [0.3, 0.4) is 0 Å². The number of hydrogen-bond donors (Lipinski definition) is 0. The van der Waals surface area contributed by atoms with Crippen LogP contribution in [-0.2, 0) is 11.0 Å². The molecule has 0 spiro atoms. The summed E-state index contributed by atoms with van der Waals surface area (Å²) >= 11 is 0. The van der Waals surface area contributed by atoms with E-state index in [9.17, 15) is 0 Å². The third-order valence-corrected chi connectivity index (χ3v) is 12.0. The van der Waals surface area contributed by atoms with Crippen LogP contribution in [0.5, 0.6) is 17.2 Å². The first-order chi connectivity index (χ1) is 27.5. The van der Waals surface area contributed by atoms with Crippen molar-refractivity contribution in [2.45, 2.75) is 97.0 Å². The molecule has 1 aliphatic carbocycles. The first-order valence-corrected chi connectivity index (χ1v) is 21.1. The quantitative estimate of drug-likeness (QED) is 0.0981. The lowest BCUT2D eigenvalue weighted by molar-refractivity contribution is 0.163. The van der Waals surface area contributed by atoms with Gasteiger partial charge >= 0.3 is 0 Å². The van der Waals surface area contributed by atoms with Gasteiger partial charge in [-0.05, 0) is 108 Å². The highest BCUT2D eigenvalue weighted by Crippen LogP contribution is 2.61. The third kappa shape index (κ3) is 6.59. The van der Waals surface area contributed by atoms with Crippen molar-refractivity contribution < 1.29 is 14.2 Å². The molecule has 2 aliphatic rings. The fourth-order valence-electron chi connectivity index (χ4n) is 9.38. The Morgan fingerprint density at radius 1 is 0.589 bits per heavy atom. The van der Waals surface area contributed by atoms with Gasteiger partial charge in [0.25, 0.3) is 0 Å². The standard InChI is InChI=1S/C53H56O3/c1-6-10-33-54-42-23-19-40(20-24-42)53(41-21-25-43(26-22-41)55-34-11-7-2)32-29-46-50-49(47-35-37(5)17-27-44(47)51(46)56-53)45-28-18-39(38-15-13-12-14-16-38)36-48(45)52(50,30-8-3)31-9-4/h12-29,32,35-36H,6-11,30-31,33-34H2,1-5H3. The molecule has 3 heteroatoms. The minimum Gasteiger partial charge on any atom is -0.494 e. The maximum Gasteiger partial charge on any atom is 0.178 e. The van der Waals surface area contributed by atoms with Crippen LogP contribution in [0.1, 0.15) is 112 Å². The Bertz CT molecular complexity index is 2270. The van der Waals surface area contributed by atoms with Gasteiger partial charge in [0.2, 0.25) is 0 Å². The van der Waals surface area contributed by atoms with E-state index in [4.69, 9.17) is 14.2 Å². The Balaban J connectivity index is 1.35. The summed E-state index contributed by atoms with van der Waals surface area (Å²) in [5.41, 5.74) is 11.7. The van der Waals surface area contributed by atoms with Crippen LogP contribution in [0.15, 0.2) is 121 Å². The predicted molar refractivity (Wildman–Crippen MR) is 234 cm³/mol. The number of hydrogen-bond acceptors (Lipinski definition) is 3. The number of fused-ring (bicyclic) bond motifs is 8. The van der Waals surface area contributed by atoms with Crippen molar-refractivity contribution in [2.75, 3.05) is 13.2 Å². The smallest absolute Gasteiger partial charge is 0.178 e. The fourth-order valence-corrected chi connectivity index (χ4v) is 9.38. The van der Waals surface area contributed by atoms with Crippen LogP contribution >= 0.6 is 0 Å². The Morgan fingerprint density at radius 2 is 1.21 bits per heavy atom. The van der Waals surface area contributed by atoms with Gasteiger partial charge in [-0.15, -0.1) is 0 Å². The summed E-state index contributed by atoms with van der Waals surface area (Å²) in [6.45, 7) is 12.7. The zero-order valence-corrected chi connectivity index (χ0v) is 33.9. The second-order valence-corrected chi connectivity index (χ2v) is 15.9. The minimum absolute atomic E-state index is 0.149. The lowest BCUT2D eigenvalue weighted by Gasteiger charge is -2.40. The van der Waals surface area contributed by atoms with Gasteiger partial charge in [0.1, 0.15) is 17.2 Å². The highest BCUT2D eigenvalue weighted by molar-refractivity contribution is 6.09. The minimum atomic E-state index is -0.868. The summed E-state index contributed by atoms with van der Waals surface area (Å²) in [4.78, 5) is 0. The molecule has 3 nitrogen and oxygen atoms in total. The van der Waals surface area contributed by atoms with Gasteiger partial charge in [-0.1, -0.05) is 150 Å². The number of aryl methyl sites for hydroxylation is 1. The summed E-state index contributed by atoms with van der Waals surface area (Å²) in [5, 5.41) is 2.42. The van der Waals surface area contributed by atoms with Gasteiger partial charge in [-0.2, -0.15) is 0 Å². The second-order valence-electron chi connectivity index (χ2n) is 15.9. The van der Waals surface area contributed by atoms with Crippen LogP contribution in [0.25, 0.3) is 39.1 Å². The average molecular weight is 741 g/mol. The Hall–Kier alpha value is -5.28. The van der Waals surface area contributed by atoms with E-state index in [1.807, 2.05) is 0 Å². The van der Waals surface area contributed by atoms with Crippen molar-refractivity contribution in [2.24, 2.45) is 0 Å². The van der Waals surface area contributed by atoms with Crippen molar-refractivity contribution in [1.29, 1.82) is 0 Å². The van der Waals surface area contributed by atoms with Crippen molar-refractivity contribution in [3.05, 3.63) is 155 Å². The molecule has 1 heterocycles. The molecule has 0 N–H and O–H groups in total. The van der Waals surface area contributed by atoms with Crippen molar-refractivity contribution in [3.63, 3.8) is 0 Å². The molecular formula is C53H56O3.